The molecule has 0 unspecified atom stereocenters. The zero-order valence-electron chi connectivity index (χ0n) is 10.5. The van der Waals surface area contributed by atoms with Gasteiger partial charge in [0.05, 0.1) is 0 Å². The van der Waals surface area contributed by atoms with E-state index in [9.17, 15) is 0 Å². The Kier molecular flexibility index (Phi) is 5.61. The first-order valence-corrected chi connectivity index (χ1v) is 6.03. The Bertz CT molecular complexity index is 299. The van der Waals surface area contributed by atoms with Crippen molar-refractivity contribution in [2.24, 2.45) is 5.92 Å². The molecule has 0 aromatic carbocycles. The average Bonchev–Trinajstić information content (AvgIpc) is 2.26. The van der Waals surface area contributed by atoms with Crippen molar-refractivity contribution >= 4 is 11.8 Å². The van der Waals surface area contributed by atoms with Crippen LogP contribution in [-0.2, 0) is 0 Å². The molecular weight excluding hydrogens is 200 g/mol. The van der Waals surface area contributed by atoms with Gasteiger partial charge in [-0.15, -0.1) is 0 Å². The van der Waals surface area contributed by atoms with Crippen LogP contribution in [0.2, 0.25) is 0 Å². The van der Waals surface area contributed by atoms with Crippen LogP contribution in [0, 0.1) is 5.92 Å². The fourth-order valence-electron chi connectivity index (χ4n) is 1.27. The molecule has 16 heavy (non-hydrogen) atoms. The summed E-state index contributed by atoms with van der Waals surface area (Å²) in [6.45, 7) is 8.43. The van der Waals surface area contributed by atoms with Crippen molar-refractivity contribution < 1.29 is 0 Å². The molecule has 2 N–H and O–H groups in total. The molecule has 0 aliphatic rings. The summed E-state index contributed by atoms with van der Waals surface area (Å²) < 4.78 is 0. The van der Waals surface area contributed by atoms with Gasteiger partial charge in [-0.25, -0.2) is 4.98 Å². The number of anilines is 2. The topological polar surface area (TPSA) is 49.8 Å². The molecule has 0 spiro atoms. The third-order valence-corrected chi connectivity index (χ3v) is 2.22. The van der Waals surface area contributed by atoms with Crippen molar-refractivity contribution in [2.45, 2.75) is 33.6 Å². The van der Waals surface area contributed by atoms with Gasteiger partial charge in [0.1, 0.15) is 5.82 Å². The first-order valence-electron chi connectivity index (χ1n) is 6.03. The van der Waals surface area contributed by atoms with Gasteiger partial charge in [0.25, 0.3) is 0 Å². The lowest BCUT2D eigenvalue weighted by molar-refractivity contribution is 0.606. The van der Waals surface area contributed by atoms with E-state index in [1.165, 1.54) is 0 Å². The second-order valence-corrected chi connectivity index (χ2v) is 4.30. The van der Waals surface area contributed by atoms with Crippen LogP contribution in [0.15, 0.2) is 12.3 Å². The van der Waals surface area contributed by atoms with Gasteiger partial charge in [0.15, 0.2) is 0 Å². The van der Waals surface area contributed by atoms with E-state index in [2.05, 4.69) is 41.4 Å². The molecule has 0 fully saturated rings. The van der Waals surface area contributed by atoms with Crippen molar-refractivity contribution in [2.75, 3.05) is 23.7 Å². The molecule has 0 saturated carbocycles. The molecule has 0 aliphatic heterocycles. The van der Waals surface area contributed by atoms with E-state index >= 15 is 0 Å². The van der Waals surface area contributed by atoms with E-state index in [0.29, 0.717) is 11.9 Å². The van der Waals surface area contributed by atoms with Crippen LogP contribution in [0.3, 0.4) is 0 Å². The van der Waals surface area contributed by atoms with Crippen LogP contribution in [0.4, 0.5) is 11.8 Å². The number of nitrogens with one attached hydrogen (secondary N) is 2. The first-order chi connectivity index (χ1) is 7.72. The Morgan fingerprint density at radius 2 is 2.06 bits per heavy atom. The van der Waals surface area contributed by atoms with E-state index in [1.54, 1.807) is 6.20 Å². The summed E-state index contributed by atoms with van der Waals surface area (Å²) in [4.78, 5) is 8.53. The SMILES string of the molecule is CCCNc1nccc(NCCC(C)C)n1. The Hall–Kier alpha value is -1.32. The van der Waals surface area contributed by atoms with Crippen LogP contribution in [0.1, 0.15) is 33.6 Å². The van der Waals surface area contributed by atoms with Crippen LogP contribution in [0.25, 0.3) is 0 Å². The molecule has 0 aliphatic carbocycles. The summed E-state index contributed by atoms with van der Waals surface area (Å²) in [5, 5.41) is 6.47. The highest BCUT2D eigenvalue weighted by Gasteiger charge is 1.98. The standard InChI is InChI=1S/C12H22N4/c1-4-7-14-12-15-9-6-11(16-12)13-8-5-10(2)3/h6,9-10H,4-5,7-8H2,1-3H3,(H2,13,14,15,16). The van der Waals surface area contributed by atoms with Gasteiger partial charge in [0.2, 0.25) is 5.95 Å². The summed E-state index contributed by atoms with van der Waals surface area (Å²) >= 11 is 0. The third kappa shape index (κ3) is 4.96. The van der Waals surface area contributed by atoms with Crippen LogP contribution in [-0.4, -0.2) is 23.1 Å². The number of hydrogen-bond acceptors (Lipinski definition) is 4. The molecule has 0 bridgehead atoms. The van der Waals surface area contributed by atoms with E-state index in [-0.39, 0.29) is 0 Å². The van der Waals surface area contributed by atoms with E-state index in [4.69, 9.17) is 0 Å². The highest BCUT2D eigenvalue weighted by Crippen LogP contribution is 2.07. The zero-order chi connectivity index (χ0) is 11.8. The Labute approximate surface area is 97.9 Å². The fourth-order valence-corrected chi connectivity index (χ4v) is 1.27. The minimum Gasteiger partial charge on any atom is -0.370 e. The molecule has 0 amide bonds. The Balaban J connectivity index is 2.40. The second-order valence-electron chi connectivity index (χ2n) is 4.30. The summed E-state index contributed by atoms with van der Waals surface area (Å²) in [5.74, 6) is 2.32. The van der Waals surface area contributed by atoms with Crippen molar-refractivity contribution in [3.8, 4) is 0 Å². The van der Waals surface area contributed by atoms with E-state index in [0.717, 1.165) is 31.7 Å². The molecule has 0 radical (unpaired) electrons. The lowest BCUT2D eigenvalue weighted by Crippen LogP contribution is -2.09. The summed E-state index contributed by atoms with van der Waals surface area (Å²) in [7, 11) is 0. The van der Waals surface area contributed by atoms with Gasteiger partial charge in [-0.05, 0) is 24.8 Å². The molecule has 4 heteroatoms. The smallest absolute Gasteiger partial charge is 0.224 e. The third-order valence-electron chi connectivity index (χ3n) is 2.22. The lowest BCUT2D eigenvalue weighted by atomic mass is 10.1. The lowest BCUT2D eigenvalue weighted by Gasteiger charge is -2.08. The van der Waals surface area contributed by atoms with Crippen LogP contribution in [0.5, 0.6) is 0 Å². The van der Waals surface area contributed by atoms with Gasteiger partial charge in [-0.1, -0.05) is 20.8 Å². The molecule has 4 nitrogen and oxygen atoms in total. The molecule has 1 rings (SSSR count). The predicted octanol–water partition coefficient (Wildman–Crippen LogP) is 2.76. The van der Waals surface area contributed by atoms with E-state index < -0.39 is 0 Å². The first kappa shape index (κ1) is 12.7. The van der Waals surface area contributed by atoms with Crippen LogP contribution < -0.4 is 10.6 Å². The molecule has 0 saturated heterocycles. The molecule has 1 aromatic heterocycles. The van der Waals surface area contributed by atoms with Crippen molar-refractivity contribution in [1.82, 2.24) is 9.97 Å². The van der Waals surface area contributed by atoms with Gasteiger partial charge in [-0.2, -0.15) is 4.98 Å². The maximum absolute atomic E-state index is 4.37. The summed E-state index contributed by atoms with van der Waals surface area (Å²) in [6, 6.07) is 1.90. The fraction of sp³-hybridized carbons (Fsp3) is 0.667. The monoisotopic (exact) mass is 222 g/mol. The normalized spacial score (nSPS) is 10.5. The molecule has 0 atom stereocenters. The number of aromatic nitrogens is 2. The highest BCUT2D eigenvalue weighted by atomic mass is 15.1. The molecular formula is C12H22N4. The number of nitrogens with zero attached hydrogens (tertiary/aromatic N) is 2. The van der Waals surface area contributed by atoms with Crippen molar-refractivity contribution in [1.29, 1.82) is 0 Å². The predicted molar refractivity (Wildman–Crippen MR) is 68.8 cm³/mol. The van der Waals surface area contributed by atoms with Crippen LogP contribution >= 0.6 is 0 Å². The molecule has 1 heterocycles. The average molecular weight is 222 g/mol. The Morgan fingerprint density at radius 3 is 2.75 bits per heavy atom. The highest BCUT2D eigenvalue weighted by molar-refractivity contribution is 5.39. The number of hydrogen-bond donors (Lipinski definition) is 2. The van der Waals surface area contributed by atoms with Crippen molar-refractivity contribution in [3.63, 3.8) is 0 Å². The maximum Gasteiger partial charge on any atom is 0.224 e. The maximum atomic E-state index is 4.37. The summed E-state index contributed by atoms with van der Waals surface area (Å²) in [5.41, 5.74) is 0. The quantitative estimate of drug-likeness (QED) is 0.745. The minimum atomic E-state index is 0.705. The number of rotatable bonds is 7. The van der Waals surface area contributed by atoms with E-state index in [1.807, 2.05) is 6.07 Å². The van der Waals surface area contributed by atoms with Gasteiger partial charge >= 0.3 is 0 Å². The largest absolute Gasteiger partial charge is 0.370 e. The van der Waals surface area contributed by atoms with Crippen molar-refractivity contribution in [3.05, 3.63) is 12.3 Å². The minimum absolute atomic E-state index is 0.705. The summed E-state index contributed by atoms with van der Waals surface area (Å²) in [6.07, 6.45) is 4.01. The van der Waals surface area contributed by atoms with Gasteiger partial charge in [-0.3, -0.25) is 0 Å². The second kappa shape index (κ2) is 7.04. The molecule has 1 aromatic rings. The molecule has 90 valence electrons. The van der Waals surface area contributed by atoms with Gasteiger partial charge < -0.3 is 10.6 Å². The zero-order valence-corrected chi connectivity index (χ0v) is 10.5. The Morgan fingerprint density at radius 1 is 1.25 bits per heavy atom. The van der Waals surface area contributed by atoms with Gasteiger partial charge in [0, 0.05) is 19.3 Å².